The van der Waals surface area contributed by atoms with Gasteiger partial charge in [0.1, 0.15) is 16.4 Å². The van der Waals surface area contributed by atoms with Crippen LogP contribution in [0.3, 0.4) is 0 Å². The summed E-state index contributed by atoms with van der Waals surface area (Å²) in [5.41, 5.74) is 4.00. The van der Waals surface area contributed by atoms with Gasteiger partial charge in [0.15, 0.2) is 0 Å². The second-order valence-corrected chi connectivity index (χ2v) is 9.62. The lowest BCUT2D eigenvalue weighted by Crippen LogP contribution is -2.40. The lowest BCUT2D eigenvalue weighted by Gasteiger charge is -2.35. The van der Waals surface area contributed by atoms with E-state index in [1.165, 1.54) is 25.8 Å². The first-order chi connectivity index (χ1) is 15.5. The smallest absolute Gasteiger partial charge is 0.247 e. The quantitative estimate of drug-likeness (QED) is 0.487. The Morgan fingerprint density at radius 3 is 2.44 bits per heavy atom. The van der Waals surface area contributed by atoms with Crippen LogP contribution in [0.5, 0.6) is 11.5 Å². The van der Waals surface area contributed by atoms with Gasteiger partial charge < -0.3 is 14.5 Å². The SMILES string of the molecule is COc1ccc(OC)c(S(=O)(=O)N2CCc3c([nH]c4ccccc34)[C@H]2c2ccccc2)c1. The first kappa shape index (κ1) is 20.6. The number of aromatic amines is 1. The minimum absolute atomic E-state index is 0.0971. The molecule has 0 spiro atoms. The summed E-state index contributed by atoms with van der Waals surface area (Å²) in [5, 5.41) is 1.14. The first-order valence-corrected chi connectivity index (χ1v) is 11.9. The zero-order valence-corrected chi connectivity index (χ0v) is 18.7. The van der Waals surface area contributed by atoms with Gasteiger partial charge in [-0.05, 0) is 35.7 Å². The van der Waals surface area contributed by atoms with Crippen molar-refractivity contribution in [1.82, 2.24) is 9.29 Å². The van der Waals surface area contributed by atoms with Gasteiger partial charge >= 0.3 is 0 Å². The van der Waals surface area contributed by atoms with Crippen LogP contribution in [0, 0.1) is 0 Å². The van der Waals surface area contributed by atoms with E-state index in [0.717, 1.165) is 22.2 Å². The number of fused-ring (bicyclic) bond motifs is 3. The van der Waals surface area contributed by atoms with Crippen molar-refractivity contribution in [3.63, 3.8) is 0 Å². The molecule has 7 heteroatoms. The molecule has 5 rings (SSSR count). The van der Waals surface area contributed by atoms with Crippen molar-refractivity contribution < 1.29 is 17.9 Å². The lowest BCUT2D eigenvalue weighted by molar-refractivity contribution is 0.335. The summed E-state index contributed by atoms with van der Waals surface area (Å²) >= 11 is 0. The molecular formula is C25H24N2O4S. The third-order valence-electron chi connectivity index (χ3n) is 6.06. The van der Waals surface area contributed by atoms with Gasteiger partial charge in [-0.15, -0.1) is 0 Å². The molecule has 0 saturated heterocycles. The van der Waals surface area contributed by atoms with Crippen LogP contribution in [-0.4, -0.2) is 38.5 Å². The van der Waals surface area contributed by atoms with Crippen LogP contribution < -0.4 is 9.47 Å². The average molecular weight is 449 g/mol. The number of para-hydroxylation sites is 1. The maximum atomic E-state index is 14.0. The van der Waals surface area contributed by atoms with E-state index < -0.39 is 16.1 Å². The summed E-state index contributed by atoms with van der Waals surface area (Å²) < 4.78 is 40.3. The van der Waals surface area contributed by atoms with Crippen LogP contribution in [0.15, 0.2) is 77.7 Å². The molecule has 32 heavy (non-hydrogen) atoms. The standard InChI is InChI=1S/C25H24N2O4S/c1-30-18-12-13-22(31-2)23(16-18)32(28,29)27-15-14-20-19-10-6-7-11-21(19)26-24(20)25(27)17-8-4-3-5-9-17/h3-13,16,25-26H,14-15H2,1-2H3/t25-/m1/s1. The van der Waals surface area contributed by atoms with E-state index in [2.05, 4.69) is 11.1 Å². The van der Waals surface area contributed by atoms with Gasteiger partial charge in [0.25, 0.3) is 0 Å². The van der Waals surface area contributed by atoms with Crippen molar-refractivity contribution in [3.8, 4) is 11.5 Å². The van der Waals surface area contributed by atoms with Crippen LogP contribution in [-0.2, 0) is 16.4 Å². The third kappa shape index (κ3) is 3.25. The maximum absolute atomic E-state index is 14.0. The minimum Gasteiger partial charge on any atom is -0.497 e. The second kappa shape index (κ2) is 8.00. The van der Waals surface area contributed by atoms with Gasteiger partial charge in [-0.2, -0.15) is 4.31 Å². The van der Waals surface area contributed by atoms with Crippen molar-refractivity contribution in [3.05, 3.63) is 89.6 Å². The number of rotatable bonds is 5. The molecule has 2 heterocycles. The summed E-state index contributed by atoms with van der Waals surface area (Å²) in [4.78, 5) is 3.60. The Morgan fingerprint density at radius 1 is 0.938 bits per heavy atom. The van der Waals surface area contributed by atoms with Gasteiger partial charge in [0, 0.05) is 29.2 Å². The Bertz CT molecular complexity index is 1380. The maximum Gasteiger partial charge on any atom is 0.247 e. The van der Waals surface area contributed by atoms with E-state index >= 15 is 0 Å². The number of aromatic nitrogens is 1. The second-order valence-electron chi connectivity index (χ2n) is 7.76. The number of sulfonamides is 1. The molecule has 0 unspecified atom stereocenters. The van der Waals surface area contributed by atoms with Crippen molar-refractivity contribution in [2.75, 3.05) is 20.8 Å². The van der Waals surface area contributed by atoms with Crippen molar-refractivity contribution in [2.24, 2.45) is 0 Å². The molecule has 6 nitrogen and oxygen atoms in total. The van der Waals surface area contributed by atoms with E-state index in [1.807, 2.05) is 48.5 Å². The molecule has 0 radical (unpaired) electrons. The fourth-order valence-corrected chi connectivity index (χ4v) is 6.32. The van der Waals surface area contributed by atoms with E-state index in [1.54, 1.807) is 16.4 Å². The largest absolute Gasteiger partial charge is 0.497 e. The van der Waals surface area contributed by atoms with Crippen molar-refractivity contribution in [1.29, 1.82) is 0 Å². The number of H-pyrrole nitrogens is 1. The molecule has 1 aromatic heterocycles. The molecule has 0 bridgehead atoms. The number of methoxy groups -OCH3 is 2. The molecule has 1 atom stereocenters. The van der Waals surface area contributed by atoms with Gasteiger partial charge in [0.2, 0.25) is 10.0 Å². The zero-order chi connectivity index (χ0) is 22.3. The summed E-state index contributed by atoms with van der Waals surface area (Å²) in [5.74, 6) is 0.754. The molecule has 164 valence electrons. The minimum atomic E-state index is -3.91. The first-order valence-electron chi connectivity index (χ1n) is 10.4. The van der Waals surface area contributed by atoms with E-state index in [9.17, 15) is 8.42 Å². The van der Waals surface area contributed by atoms with Gasteiger partial charge in [0.05, 0.1) is 20.3 Å². The molecule has 3 aromatic carbocycles. The molecule has 0 amide bonds. The topological polar surface area (TPSA) is 71.6 Å². The Kier molecular flexibility index (Phi) is 5.15. The van der Waals surface area contributed by atoms with Gasteiger partial charge in [-0.25, -0.2) is 8.42 Å². The molecule has 1 aliphatic rings. The van der Waals surface area contributed by atoms with Crippen LogP contribution in [0.4, 0.5) is 0 Å². The highest BCUT2D eigenvalue weighted by Gasteiger charge is 2.40. The van der Waals surface area contributed by atoms with Gasteiger partial charge in [-0.1, -0.05) is 48.5 Å². The number of nitrogens with zero attached hydrogens (tertiary/aromatic N) is 1. The van der Waals surface area contributed by atoms with E-state index in [-0.39, 0.29) is 4.90 Å². The lowest BCUT2D eigenvalue weighted by atomic mass is 9.94. The number of hydrogen-bond acceptors (Lipinski definition) is 4. The number of hydrogen-bond donors (Lipinski definition) is 1. The number of ether oxygens (including phenoxy) is 2. The highest BCUT2D eigenvalue weighted by atomic mass is 32.2. The van der Waals surface area contributed by atoms with Crippen LogP contribution in [0.2, 0.25) is 0 Å². The number of nitrogens with one attached hydrogen (secondary N) is 1. The van der Waals surface area contributed by atoms with E-state index in [0.29, 0.717) is 24.5 Å². The monoisotopic (exact) mass is 448 g/mol. The fourth-order valence-electron chi connectivity index (χ4n) is 4.56. The molecule has 4 aromatic rings. The molecular weight excluding hydrogens is 424 g/mol. The van der Waals surface area contributed by atoms with Gasteiger partial charge in [-0.3, -0.25) is 0 Å². The fraction of sp³-hybridized carbons (Fsp3) is 0.200. The Morgan fingerprint density at radius 2 is 1.69 bits per heavy atom. The highest BCUT2D eigenvalue weighted by molar-refractivity contribution is 7.89. The summed E-state index contributed by atoms with van der Waals surface area (Å²) in [6, 6.07) is 22.2. The Labute approximate surface area is 187 Å². The molecule has 1 aliphatic heterocycles. The predicted octanol–water partition coefficient (Wildman–Crippen LogP) is 4.52. The average Bonchev–Trinajstić information content (AvgIpc) is 3.22. The Balaban J connectivity index is 1.72. The van der Waals surface area contributed by atoms with E-state index in [4.69, 9.17) is 9.47 Å². The summed E-state index contributed by atoms with van der Waals surface area (Å²) in [6.45, 7) is 0.358. The highest BCUT2D eigenvalue weighted by Crippen LogP contribution is 2.42. The van der Waals surface area contributed by atoms with Crippen molar-refractivity contribution >= 4 is 20.9 Å². The van der Waals surface area contributed by atoms with Crippen LogP contribution in [0.25, 0.3) is 10.9 Å². The molecule has 1 N–H and O–H groups in total. The van der Waals surface area contributed by atoms with Crippen LogP contribution >= 0.6 is 0 Å². The third-order valence-corrected chi connectivity index (χ3v) is 7.95. The predicted molar refractivity (Wildman–Crippen MR) is 124 cm³/mol. The summed E-state index contributed by atoms with van der Waals surface area (Å²) in [7, 11) is -0.916. The normalized spacial score (nSPS) is 16.6. The van der Waals surface area contributed by atoms with Crippen LogP contribution in [0.1, 0.15) is 22.9 Å². The summed E-state index contributed by atoms with van der Waals surface area (Å²) in [6.07, 6.45) is 0.619. The zero-order valence-electron chi connectivity index (χ0n) is 17.9. The van der Waals surface area contributed by atoms with Crippen molar-refractivity contribution in [2.45, 2.75) is 17.4 Å². The number of benzene rings is 3. The molecule has 0 saturated carbocycles. The Hall–Kier alpha value is -3.29. The molecule has 0 fully saturated rings. The molecule has 0 aliphatic carbocycles.